The highest BCUT2D eigenvalue weighted by Crippen LogP contribution is 2.41. The Hall–Kier alpha value is -2.60. The van der Waals surface area contributed by atoms with E-state index in [9.17, 15) is 8.78 Å². The molecule has 2 aromatic carbocycles. The van der Waals surface area contributed by atoms with Gasteiger partial charge in [0.15, 0.2) is 23.2 Å². The third-order valence-corrected chi connectivity index (χ3v) is 7.85. The molecule has 2 aliphatic carbocycles. The highest BCUT2D eigenvalue weighted by molar-refractivity contribution is 5.52. The van der Waals surface area contributed by atoms with E-state index in [0.717, 1.165) is 51.4 Å². The molecule has 0 unspecified atom stereocenters. The largest absolute Gasteiger partial charge is 0.486 e. The minimum Gasteiger partial charge on any atom is -0.486 e. The topological polar surface area (TPSA) is 18.5 Å². The first-order valence-corrected chi connectivity index (χ1v) is 13.4. The summed E-state index contributed by atoms with van der Waals surface area (Å²) in [5.74, 6) is -3.35. The molecule has 0 N–H and O–H groups in total. The Kier molecular flexibility index (Phi) is 9.47. The van der Waals surface area contributed by atoms with Crippen molar-refractivity contribution in [3.63, 3.8) is 0 Å². The van der Waals surface area contributed by atoms with Crippen LogP contribution in [-0.2, 0) is 4.74 Å². The van der Waals surface area contributed by atoms with Crippen molar-refractivity contribution in [1.29, 1.82) is 0 Å². The lowest BCUT2D eigenvalue weighted by molar-refractivity contribution is 0.0325. The monoisotopic (exact) mass is 516 g/mol. The molecule has 0 bridgehead atoms. The molecule has 0 radical (unpaired) electrons. The van der Waals surface area contributed by atoms with Crippen LogP contribution in [0, 0.1) is 29.2 Å². The molecule has 0 amide bonds. The number of allylic oxidation sites excluding steroid dienone is 1. The van der Waals surface area contributed by atoms with E-state index >= 15 is 8.78 Å². The Morgan fingerprint density at radius 1 is 0.784 bits per heavy atom. The molecule has 6 heteroatoms. The van der Waals surface area contributed by atoms with Gasteiger partial charge in [-0.25, -0.2) is 13.2 Å². The van der Waals surface area contributed by atoms with Crippen LogP contribution in [0.1, 0.15) is 86.8 Å². The fourth-order valence-corrected chi connectivity index (χ4v) is 5.78. The molecule has 4 rings (SSSR count). The molecule has 2 aromatic rings. The van der Waals surface area contributed by atoms with E-state index in [-0.39, 0.29) is 41.8 Å². The Morgan fingerprint density at radius 3 is 1.95 bits per heavy atom. The van der Waals surface area contributed by atoms with E-state index in [0.29, 0.717) is 17.7 Å². The molecule has 2 fully saturated rings. The fraction of sp³-hybridized carbons (Fsp3) is 0.484. The molecule has 0 saturated heterocycles. The van der Waals surface area contributed by atoms with Gasteiger partial charge in [0, 0.05) is 12.2 Å². The van der Waals surface area contributed by atoms with Crippen molar-refractivity contribution in [2.75, 3.05) is 13.2 Å². The zero-order chi connectivity index (χ0) is 26.4. The SMILES string of the molecule is C=CCOc1ccc(/C=C/C2CCC(c3ccc(C4CCC(OCC)CC4)c(F)c3F)CC2)c(F)c1F. The van der Waals surface area contributed by atoms with E-state index in [1.54, 1.807) is 18.2 Å². The van der Waals surface area contributed by atoms with Crippen LogP contribution in [0.2, 0.25) is 0 Å². The molecule has 200 valence electrons. The number of benzene rings is 2. The Bertz CT molecular complexity index is 1100. The van der Waals surface area contributed by atoms with Crippen LogP contribution in [0.15, 0.2) is 43.0 Å². The summed E-state index contributed by atoms with van der Waals surface area (Å²) in [5, 5.41) is 0. The predicted molar refractivity (Wildman–Crippen MR) is 139 cm³/mol. The summed E-state index contributed by atoms with van der Waals surface area (Å²) in [4.78, 5) is 0. The van der Waals surface area contributed by atoms with Crippen LogP contribution in [0.4, 0.5) is 17.6 Å². The van der Waals surface area contributed by atoms with Crippen LogP contribution < -0.4 is 4.74 Å². The lowest BCUT2D eigenvalue weighted by atomic mass is 9.77. The molecule has 0 atom stereocenters. The van der Waals surface area contributed by atoms with Crippen LogP contribution in [-0.4, -0.2) is 19.3 Å². The minimum atomic E-state index is -1.02. The molecular weight excluding hydrogens is 480 g/mol. The fourth-order valence-electron chi connectivity index (χ4n) is 5.78. The van der Waals surface area contributed by atoms with Gasteiger partial charge in [0.05, 0.1) is 6.10 Å². The maximum atomic E-state index is 15.2. The smallest absolute Gasteiger partial charge is 0.201 e. The van der Waals surface area contributed by atoms with Gasteiger partial charge in [-0.15, -0.1) is 0 Å². The first kappa shape index (κ1) is 27.4. The average Bonchev–Trinajstić information content (AvgIpc) is 2.92. The van der Waals surface area contributed by atoms with Gasteiger partial charge in [0.2, 0.25) is 5.82 Å². The van der Waals surface area contributed by atoms with Gasteiger partial charge < -0.3 is 9.47 Å². The first-order valence-electron chi connectivity index (χ1n) is 13.4. The Balaban J connectivity index is 1.35. The van der Waals surface area contributed by atoms with Gasteiger partial charge in [-0.2, -0.15) is 4.39 Å². The maximum Gasteiger partial charge on any atom is 0.201 e. The Morgan fingerprint density at radius 2 is 1.38 bits per heavy atom. The minimum absolute atomic E-state index is 0.0361. The zero-order valence-electron chi connectivity index (χ0n) is 21.5. The van der Waals surface area contributed by atoms with E-state index in [4.69, 9.17) is 9.47 Å². The molecule has 2 aliphatic rings. The summed E-state index contributed by atoms with van der Waals surface area (Å²) < 4.78 is 69.7. The maximum absolute atomic E-state index is 15.2. The molecule has 0 heterocycles. The third kappa shape index (κ3) is 6.46. The summed E-state index contributed by atoms with van der Waals surface area (Å²) in [6.07, 6.45) is 11.5. The number of ether oxygens (including phenoxy) is 2. The zero-order valence-corrected chi connectivity index (χ0v) is 21.5. The van der Waals surface area contributed by atoms with Crippen LogP contribution in [0.25, 0.3) is 6.08 Å². The second-order valence-corrected chi connectivity index (χ2v) is 10.2. The molecular formula is C31H36F4O2. The number of hydrogen-bond acceptors (Lipinski definition) is 2. The summed E-state index contributed by atoms with van der Waals surface area (Å²) >= 11 is 0. The number of halogens is 4. The third-order valence-electron chi connectivity index (χ3n) is 7.85. The van der Waals surface area contributed by atoms with E-state index < -0.39 is 23.3 Å². The lowest BCUT2D eigenvalue weighted by Gasteiger charge is -2.30. The molecule has 0 aromatic heterocycles. The summed E-state index contributed by atoms with van der Waals surface area (Å²) in [5.41, 5.74) is 1.10. The van der Waals surface area contributed by atoms with Crippen molar-refractivity contribution in [2.24, 2.45) is 5.92 Å². The Labute approximate surface area is 217 Å². The highest BCUT2D eigenvalue weighted by Gasteiger charge is 2.29. The highest BCUT2D eigenvalue weighted by atomic mass is 19.2. The van der Waals surface area contributed by atoms with Crippen LogP contribution >= 0.6 is 0 Å². The van der Waals surface area contributed by atoms with Crippen molar-refractivity contribution in [2.45, 2.75) is 76.2 Å². The van der Waals surface area contributed by atoms with E-state index in [2.05, 4.69) is 6.58 Å². The van der Waals surface area contributed by atoms with Gasteiger partial charge in [0.25, 0.3) is 0 Å². The summed E-state index contributed by atoms with van der Waals surface area (Å²) in [6.45, 7) is 6.25. The van der Waals surface area contributed by atoms with Gasteiger partial charge in [-0.05, 0) is 99.3 Å². The number of rotatable bonds is 9. The van der Waals surface area contributed by atoms with E-state index in [1.165, 1.54) is 18.2 Å². The van der Waals surface area contributed by atoms with Crippen molar-refractivity contribution in [3.8, 4) is 5.75 Å². The normalized spacial score (nSPS) is 24.4. The van der Waals surface area contributed by atoms with E-state index in [1.807, 2.05) is 13.0 Å². The van der Waals surface area contributed by atoms with Crippen molar-refractivity contribution < 1.29 is 27.0 Å². The van der Waals surface area contributed by atoms with Gasteiger partial charge in [0.1, 0.15) is 6.61 Å². The standard InChI is InChI=1S/C31H36F4O2/c1-3-19-37-27-18-13-23(28(32)31(27)35)10-7-20-5-8-21(9-6-20)25-16-17-26(30(34)29(25)33)22-11-14-24(15-12-22)36-4-2/h3,7,10,13,16-18,20-22,24H,1,4-6,8-9,11-12,14-15,19H2,2H3/b10-7+. The summed E-state index contributed by atoms with van der Waals surface area (Å²) in [7, 11) is 0. The second kappa shape index (κ2) is 12.8. The first-order chi connectivity index (χ1) is 17.9. The van der Waals surface area contributed by atoms with Crippen molar-refractivity contribution in [3.05, 3.63) is 83.0 Å². The molecule has 0 aliphatic heterocycles. The summed E-state index contributed by atoms with van der Waals surface area (Å²) in [6, 6.07) is 6.45. The van der Waals surface area contributed by atoms with Crippen molar-refractivity contribution in [1.82, 2.24) is 0 Å². The predicted octanol–water partition coefficient (Wildman–Crippen LogP) is 8.86. The molecule has 37 heavy (non-hydrogen) atoms. The lowest BCUT2D eigenvalue weighted by Crippen LogP contribution is -2.21. The molecule has 2 nitrogen and oxygen atoms in total. The van der Waals surface area contributed by atoms with Crippen LogP contribution in [0.5, 0.6) is 5.75 Å². The van der Waals surface area contributed by atoms with Gasteiger partial charge >= 0.3 is 0 Å². The quantitative estimate of drug-likeness (QED) is 0.245. The van der Waals surface area contributed by atoms with Crippen LogP contribution in [0.3, 0.4) is 0 Å². The van der Waals surface area contributed by atoms with Gasteiger partial charge in [-0.3, -0.25) is 0 Å². The van der Waals surface area contributed by atoms with Crippen molar-refractivity contribution >= 4 is 6.08 Å². The second-order valence-electron chi connectivity index (χ2n) is 10.2. The average molecular weight is 517 g/mol. The number of hydrogen-bond donors (Lipinski definition) is 0. The van der Waals surface area contributed by atoms with Gasteiger partial charge in [-0.1, -0.05) is 36.9 Å². The molecule has 2 saturated carbocycles. The molecule has 0 spiro atoms.